The highest BCUT2D eigenvalue weighted by molar-refractivity contribution is 9.10. The van der Waals surface area contributed by atoms with Crippen LogP contribution in [0.2, 0.25) is 0 Å². The summed E-state index contributed by atoms with van der Waals surface area (Å²) in [6.07, 6.45) is 0. The van der Waals surface area contributed by atoms with E-state index in [1.165, 1.54) is 0 Å². The molecule has 0 fully saturated rings. The van der Waals surface area contributed by atoms with E-state index in [-0.39, 0.29) is 12.5 Å². The van der Waals surface area contributed by atoms with Gasteiger partial charge in [-0.25, -0.2) is 0 Å². The summed E-state index contributed by atoms with van der Waals surface area (Å²) in [5, 5.41) is 15.7. The number of carboxylic acid groups (broad SMARTS) is 1. The molecule has 0 aliphatic carbocycles. The first-order chi connectivity index (χ1) is 11.2. The first-order valence-electron chi connectivity index (χ1n) is 7.28. The Kier molecular flexibility index (Phi) is 5.40. The van der Waals surface area contributed by atoms with E-state index in [0.717, 1.165) is 27.0 Å². The normalized spacial score (nSPS) is 12.0. The smallest absolute Gasteiger partial charge is 0.322 e. The highest BCUT2D eigenvalue weighted by Gasteiger charge is 2.17. The number of nitrogens with two attached hydrogens (primary N) is 1. The van der Waals surface area contributed by atoms with Crippen LogP contribution in [0.1, 0.15) is 21.7 Å². The van der Waals surface area contributed by atoms with Crippen molar-refractivity contribution in [3.8, 4) is 11.1 Å². The van der Waals surface area contributed by atoms with E-state index in [1.807, 2.05) is 27.0 Å². The largest absolute Gasteiger partial charge is 0.480 e. The maximum absolute atomic E-state index is 12.3. The number of aliphatic carboxylic acids is 1. The van der Waals surface area contributed by atoms with Crippen molar-refractivity contribution in [2.24, 2.45) is 12.8 Å². The molecule has 0 saturated carbocycles. The molecule has 1 heterocycles. The summed E-state index contributed by atoms with van der Waals surface area (Å²) in [7, 11) is 1.87. The molecule has 0 spiro atoms. The third kappa shape index (κ3) is 3.82. The van der Waals surface area contributed by atoms with Crippen molar-refractivity contribution in [2.75, 3.05) is 6.54 Å². The number of carbonyl (C=O) groups is 2. The summed E-state index contributed by atoms with van der Waals surface area (Å²) in [5.41, 5.74) is 9.51. The van der Waals surface area contributed by atoms with E-state index < -0.39 is 12.0 Å². The van der Waals surface area contributed by atoms with Gasteiger partial charge in [0.1, 0.15) is 6.04 Å². The van der Waals surface area contributed by atoms with Gasteiger partial charge >= 0.3 is 5.97 Å². The molecule has 1 amide bonds. The van der Waals surface area contributed by atoms with Gasteiger partial charge in [-0.1, -0.05) is 15.9 Å². The molecule has 1 aromatic heterocycles. The average Bonchev–Trinajstić information content (AvgIpc) is 2.76. The zero-order valence-electron chi connectivity index (χ0n) is 13.6. The lowest BCUT2D eigenvalue weighted by Gasteiger charge is -2.10. The molecule has 1 aromatic carbocycles. The van der Waals surface area contributed by atoms with Gasteiger partial charge in [0.2, 0.25) is 0 Å². The van der Waals surface area contributed by atoms with E-state index in [9.17, 15) is 9.59 Å². The summed E-state index contributed by atoms with van der Waals surface area (Å²) in [6.45, 7) is 3.73. The number of hydrogen-bond acceptors (Lipinski definition) is 4. The van der Waals surface area contributed by atoms with Crippen molar-refractivity contribution in [1.29, 1.82) is 0 Å². The third-order valence-electron chi connectivity index (χ3n) is 3.76. The molecule has 0 bridgehead atoms. The Hall–Kier alpha value is -2.19. The van der Waals surface area contributed by atoms with Crippen molar-refractivity contribution in [3.05, 3.63) is 39.6 Å². The lowest BCUT2D eigenvalue weighted by Crippen LogP contribution is -2.42. The van der Waals surface area contributed by atoms with Crippen LogP contribution in [0.3, 0.4) is 0 Å². The van der Waals surface area contributed by atoms with Gasteiger partial charge in [0.25, 0.3) is 5.91 Å². The van der Waals surface area contributed by atoms with Crippen LogP contribution in [-0.2, 0) is 11.8 Å². The molecular weight excluding hydrogens is 376 g/mol. The lowest BCUT2D eigenvalue weighted by molar-refractivity contribution is -0.138. The minimum Gasteiger partial charge on any atom is -0.480 e. The van der Waals surface area contributed by atoms with E-state index in [1.54, 1.807) is 16.8 Å². The number of nitrogens with zero attached hydrogens (tertiary/aromatic N) is 2. The molecule has 0 aliphatic heterocycles. The maximum atomic E-state index is 12.3. The average molecular weight is 395 g/mol. The minimum atomic E-state index is -1.16. The second kappa shape index (κ2) is 7.14. The standard InChI is InChI=1S/C16H19BrN4O3/c1-8-14(9(2)21(3)20-8)10-4-11(6-12(17)5-10)15(22)19-7-13(18)16(23)24/h4-6,13H,7,18H2,1-3H3,(H,19,22)(H,23,24)/t13-/m1/s1. The van der Waals surface area contributed by atoms with Crippen LogP contribution in [0.25, 0.3) is 11.1 Å². The van der Waals surface area contributed by atoms with Crippen LogP contribution in [0.15, 0.2) is 22.7 Å². The highest BCUT2D eigenvalue weighted by atomic mass is 79.9. The maximum Gasteiger partial charge on any atom is 0.322 e. The predicted octanol–water partition coefficient (Wildman–Crippen LogP) is 1.61. The van der Waals surface area contributed by atoms with Crippen LogP contribution in [0.5, 0.6) is 0 Å². The summed E-state index contributed by atoms with van der Waals surface area (Å²) < 4.78 is 2.53. The Balaban J connectivity index is 2.32. The van der Waals surface area contributed by atoms with Gasteiger partial charge in [-0.2, -0.15) is 5.10 Å². The van der Waals surface area contributed by atoms with Crippen LogP contribution in [0, 0.1) is 13.8 Å². The molecule has 2 rings (SSSR count). The van der Waals surface area contributed by atoms with Gasteiger partial charge in [-0.15, -0.1) is 0 Å². The number of aryl methyl sites for hydroxylation is 2. The highest BCUT2D eigenvalue weighted by Crippen LogP contribution is 2.30. The van der Waals surface area contributed by atoms with Gasteiger partial charge in [0.15, 0.2) is 0 Å². The molecule has 4 N–H and O–H groups in total. The monoisotopic (exact) mass is 394 g/mol. The zero-order valence-corrected chi connectivity index (χ0v) is 15.2. The number of rotatable bonds is 5. The number of carboxylic acids is 1. The van der Waals surface area contributed by atoms with Crippen LogP contribution in [-0.4, -0.2) is 39.4 Å². The second-order valence-electron chi connectivity index (χ2n) is 5.55. The molecular formula is C16H19BrN4O3. The van der Waals surface area contributed by atoms with E-state index in [2.05, 4.69) is 26.3 Å². The number of amides is 1. The molecule has 0 radical (unpaired) electrons. The topological polar surface area (TPSA) is 110 Å². The summed E-state index contributed by atoms with van der Waals surface area (Å²) in [5.74, 6) is -1.54. The Bertz CT molecular complexity index is 801. The first kappa shape index (κ1) is 18.2. The third-order valence-corrected chi connectivity index (χ3v) is 4.22. The number of carbonyl (C=O) groups excluding carboxylic acids is 1. The molecule has 0 aliphatic rings. The van der Waals surface area contributed by atoms with Crippen molar-refractivity contribution < 1.29 is 14.7 Å². The quantitative estimate of drug-likeness (QED) is 0.713. The Morgan fingerprint density at radius 2 is 2.04 bits per heavy atom. The van der Waals surface area contributed by atoms with Crippen molar-refractivity contribution in [2.45, 2.75) is 19.9 Å². The summed E-state index contributed by atoms with van der Waals surface area (Å²) in [4.78, 5) is 23.0. The fraction of sp³-hybridized carbons (Fsp3) is 0.312. The first-order valence-corrected chi connectivity index (χ1v) is 8.07. The Labute approximate surface area is 148 Å². The minimum absolute atomic E-state index is 0.138. The molecule has 8 heteroatoms. The fourth-order valence-corrected chi connectivity index (χ4v) is 2.94. The Morgan fingerprint density at radius 1 is 1.38 bits per heavy atom. The van der Waals surface area contributed by atoms with Crippen molar-refractivity contribution in [1.82, 2.24) is 15.1 Å². The van der Waals surface area contributed by atoms with E-state index in [4.69, 9.17) is 10.8 Å². The number of aromatic nitrogens is 2. The molecule has 128 valence electrons. The van der Waals surface area contributed by atoms with Gasteiger partial charge < -0.3 is 16.2 Å². The molecule has 1 atom stereocenters. The van der Waals surface area contributed by atoms with Gasteiger partial charge in [-0.3, -0.25) is 14.3 Å². The second-order valence-corrected chi connectivity index (χ2v) is 6.47. The lowest BCUT2D eigenvalue weighted by atomic mass is 10.0. The molecule has 0 unspecified atom stereocenters. The SMILES string of the molecule is Cc1nn(C)c(C)c1-c1cc(Br)cc(C(=O)NC[C@@H](N)C(=O)O)c1. The van der Waals surface area contributed by atoms with Crippen molar-refractivity contribution >= 4 is 27.8 Å². The molecule has 2 aromatic rings. The predicted molar refractivity (Wildman–Crippen MR) is 93.8 cm³/mol. The van der Waals surface area contributed by atoms with Gasteiger partial charge in [0.05, 0.1) is 5.69 Å². The van der Waals surface area contributed by atoms with E-state index in [0.29, 0.717) is 5.56 Å². The number of hydrogen-bond donors (Lipinski definition) is 3. The van der Waals surface area contributed by atoms with Crippen LogP contribution >= 0.6 is 15.9 Å². The summed E-state index contributed by atoms with van der Waals surface area (Å²) in [6, 6.07) is 4.20. The molecule has 7 nitrogen and oxygen atoms in total. The number of benzene rings is 1. The molecule has 24 heavy (non-hydrogen) atoms. The van der Waals surface area contributed by atoms with Crippen LogP contribution < -0.4 is 11.1 Å². The number of nitrogens with one attached hydrogen (secondary N) is 1. The summed E-state index contributed by atoms with van der Waals surface area (Å²) >= 11 is 3.41. The van der Waals surface area contributed by atoms with Crippen LogP contribution in [0.4, 0.5) is 0 Å². The van der Waals surface area contributed by atoms with Crippen molar-refractivity contribution in [3.63, 3.8) is 0 Å². The van der Waals surface area contributed by atoms with Gasteiger partial charge in [-0.05, 0) is 37.6 Å². The number of halogens is 1. The zero-order chi connectivity index (χ0) is 18.0. The molecule has 0 saturated heterocycles. The van der Waals surface area contributed by atoms with E-state index >= 15 is 0 Å². The fourth-order valence-electron chi connectivity index (χ4n) is 2.45. The van der Waals surface area contributed by atoms with Gasteiger partial charge in [0, 0.05) is 34.9 Å². The Morgan fingerprint density at radius 3 is 2.58 bits per heavy atom.